The zero-order chi connectivity index (χ0) is 16.2. The van der Waals surface area contributed by atoms with Crippen molar-refractivity contribution < 1.29 is 13.6 Å². The monoisotopic (exact) mass is 331 g/mol. The first kappa shape index (κ1) is 15.4. The standard InChI is InChI=1S/C16H14FN3O2S/c1-10(11-4-6-12(17)7-5-11)18-14(21)9-15-19-20-16(22-15)13-3-2-8-23-13/h2-8,10H,9H2,1H3,(H,18,21)/t10-/m1/s1. The molecule has 1 aromatic carbocycles. The van der Waals surface area contributed by atoms with Crippen LogP contribution in [0.5, 0.6) is 0 Å². The molecule has 0 aliphatic rings. The van der Waals surface area contributed by atoms with Gasteiger partial charge in [-0.05, 0) is 36.1 Å². The quantitative estimate of drug-likeness (QED) is 0.778. The second-order valence-electron chi connectivity index (χ2n) is 5.00. The number of carbonyl (C=O) groups is 1. The van der Waals surface area contributed by atoms with Gasteiger partial charge in [-0.3, -0.25) is 4.79 Å². The van der Waals surface area contributed by atoms with Gasteiger partial charge in [0.2, 0.25) is 11.8 Å². The van der Waals surface area contributed by atoms with Crippen molar-refractivity contribution in [1.82, 2.24) is 15.5 Å². The van der Waals surface area contributed by atoms with Crippen molar-refractivity contribution in [2.45, 2.75) is 19.4 Å². The molecule has 1 N–H and O–H groups in total. The van der Waals surface area contributed by atoms with Crippen LogP contribution in [0, 0.1) is 5.82 Å². The molecule has 0 spiro atoms. The lowest BCUT2D eigenvalue weighted by molar-refractivity contribution is -0.121. The molecule has 3 rings (SSSR count). The molecule has 1 atom stereocenters. The third-order valence-corrected chi connectivity index (χ3v) is 4.12. The van der Waals surface area contributed by atoms with Crippen molar-refractivity contribution in [3.8, 4) is 10.8 Å². The average Bonchev–Trinajstić information content (AvgIpc) is 3.18. The number of halogens is 1. The fourth-order valence-corrected chi connectivity index (χ4v) is 2.73. The first-order valence-corrected chi connectivity index (χ1v) is 7.91. The van der Waals surface area contributed by atoms with Crippen LogP contribution in [0.15, 0.2) is 46.2 Å². The summed E-state index contributed by atoms with van der Waals surface area (Å²) in [5.41, 5.74) is 0.824. The van der Waals surface area contributed by atoms with E-state index in [-0.39, 0.29) is 30.1 Å². The predicted octanol–water partition coefficient (Wildman–Crippen LogP) is 3.36. The maximum Gasteiger partial charge on any atom is 0.257 e. The Hall–Kier alpha value is -2.54. The summed E-state index contributed by atoms with van der Waals surface area (Å²) in [5, 5.41) is 12.5. The zero-order valence-corrected chi connectivity index (χ0v) is 13.1. The van der Waals surface area contributed by atoms with Gasteiger partial charge in [0.15, 0.2) is 0 Å². The smallest absolute Gasteiger partial charge is 0.257 e. The Balaban J connectivity index is 1.60. The molecular weight excluding hydrogens is 317 g/mol. The number of nitrogens with zero attached hydrogens (tertiary/aromatic N) is 2. The summed E-state index contributed by atoms with van der Waals surface area (Å²) >= 11 is 1.49. The van der Waals surface area contributed by atoms with Gasteiger partial charge in [-0.1, -0.05) is 18.2 Å². The summed E-state index contributed by atoms with van der Waals surface area (Å²) in [5.74, 6) is 0.133. The minimum Gasteiger partial charge on any atom is -0.419 e. The highest BCUT2D eigenvalue weighted by molar-refractivity contribution is 7.13. The molecule has 1 amide bonds. The molecule has 0 fully saturated rings. The fraction of sp³-hybridized carbons (Fsp3) is 0.188. The van der Waals surface area contributed by atoms with Gasteiger partial charge in [0, 0.05) is 0 Å². The lowest BCUT2D eigenvalue weighted by atomic mass is 10.1. The average molecular weight is 331 g/mol. The van der Waals surface area contributed by atoms with Crippen LogP contribution < -0.4 is 5.32 Å². The molecule has 0 unspecified atom stereocenters. The minimum absolute atomic E-state index is 0.00388. The molecule has 5 nitrogen and oxygen atoms in total. The van der Waals surface area contributed by atoms with E-state index in [1.54, 1.807) is 12.1 Å². The van der Waals surface area contributed by atoms with Gasteiger partial charge in [-0.2, -0.15) is 0 Å². The summed E-state index contributed by atoms with van der Waals surface area (Å²) in [6.45, 7) is 1.83. The Kier molecular flexibility index (Phi) is 4.47. The normalized spacial score (nSPS) is 12.1. The van der Waals surface area contributed by atoms with E-state index in [2.05, 4.69) is 15.5 Å². The molecule has 2 aromatic heterocycles. The Morgan fingerprint density at radius 2 is 2.09 bits per heavy atom. The lowest BCUT2D eigenvalue weighted by Crippen LogP contribution is -2.28. The molecule has 0 aliphatic carbocycles. The highest BCUT2D eigenvalue weighted by atomic mass is 32.1. The van der Waals surface area contributed by atoms with Gasteiger partial charge in [-0.15, -0.1) is 21.5 Å². The topological polar surface area (TPSA) is 68.0 Å². The van der Waals surface area contributed by atoms with Gasteiger partial charge in [0.05, 0.1) is 10.9 Å². The van der Waals surface area contributed by atoms with Crippen LogP contribution in [-0.4, -0.2) is 16.1 Å². The summed E-state index contributed by atoms with van der Waals surface area (Å²) in [6, 6.07) is 9.54. The van der Waals surface area contributed by atoms with Crippen molar-refractivity contribution in [2.24, 2.45) is 0 Å². The van der Waals surface area contributed by atoms with E-state index in [9.17, 15) is 9.18 Å². The number of aromatic nitrogens is 2. The van der Waals surface area contributed by atoms with Gasteiger partial charge in [0.25, 0.3) is 5.89 Å². The van der Waals surface area contributed by atoms with E-state index in [1.165, 1.54) is 23.5 Å². The fourth-order valence-electron chi connectivity index (χ4n) is 2.09. The van der Waals surface area contributed by atoms with Crippen molar-refractivity contribution in [2.75, 3.05) is 0 Å². The summed E-state index contributed by atoms with van der Waals surface area (Å²) in [4.78, 5) is 12.9. The lowest BCUT2D eigenvalue weighted by Gasteiger charge is -2.13. The highest BCUT2D eigenvalue weighted by Crippen LogP contribution is 2.23. The van der Waals surface area contributed by atoms with Crippen LogP contribution in [0.1, 0.15) is 24.4 Å². The Labute approximate surface area is 136 Å². The molecule has 0 saturated heterocycles. The predicted molar refractivity (Wildman–Crippen MR) is 84.3 cm³/mol. The second-order valence-corrected chi connectivity index (χ2v) is 5.94. The number of nitrogens with one attached hydrogen (secondary N) is 1. The molecule has 0 aliphatic heterocycles. The van der Waals surface area contributed by atoms with E-state index >= 15 is 0 Å². The number of hydrogen-bond acceptors (Lipinski definition) is 5. The van der Waals surface area contributed by atoms with Gasteiger partial charge in [0.1, 0.15) is 12.2 Å². The number of benzene rings is 1. The van der Waals surface area contributed by atoms with Gasteiger partial charge in [-0.25, -0.2) is 4.39 Å². The molecule has 7 heteroatoms. The van der Waals surface area contributed by atoms with E-state index in [4.69, 9.17) is 4.42 Å². The van der Waals surface area contributed by atoms with Gasteiger partial charge < -0.3 is 9.73 Å². The van der Waals surface area contributed by atoms with Crippen molar-refractivity contribution in [1.29, 1.82) is 0 Å². The van der Waals surface area contributed by atoms with E-state index < -0.39 is 0 Å². The molecule has 0 saturated carbocycles. The number of carbonyl (C=O) groups excluding carboxylic acids is 1. The molecule has 2 heterocycles. The third-order valence-electron chi connectivity index (χ3n) is 3.26. The minimum atomic E-state index is -0.306. The first-order valence-electron chi connectivity index (χ1n) is 7.03. The van der Waals surface area contributed by atoms with Crippen LogP contribution in [-0.2, 0) is 11.2 Å². The first-order chi connectivity index (χ1) is 11.1. The molecule has 0 bridgehead atoms. The van der Waals surface area contributed by atoms with E-state index in [0.29, 0.717) is 5.89 Å². The number of amides is 1. The Bertz CT molecular complexity index is 784. The molecule has 23 heavy (non-hydrogen) atoms. The zero-order valence-electron chi connectivity index (χ0n) is 12.3. The van der Waals surface area contributed by atoms with Crippen molar-refractivity contribution >= 4 is 17.2 Å². The summed E-state index contributed by atoms with van der Waals surface area (Å²) in [6.07, 6.45) is 0.00388. The number of rotatable bonds is 5. The van der Waals surface area contributed by atoms with Crippen LogP contribution >= 0.6 is 11.3 Å². The van der Waals surface area contributed by atoms with Crippen LogP contribution in [0.25, 0.3) is 10.8 Å². The molecule has 118 valence electrons. The van der Waals surface area contributed by atoms with Crippen LogP contribution in [0.4, 0.5) is 4.39 Å². The Morgan fingerprint density at radius 3 is 2.78 bits per heavy atom. The van der Waals surface area contributed by atoms with Crippen LogP contribution in [0.2, 0.25) is 0 Å². The third kappa shape index (κ3) is 3.81. The Morgan fingerprint density at radius 1 is 1.30 bits per heavy atom. The van der Waals surface area contributed by atoms with Crippen molar-refractivity contribution in [3.63, 3.8) is 0 Å². The van der Waals surface area contributed by atoms with E-state index in [1.807, 2.05) is 24.4 Å². The molecule has 3 aromatic rings. The molecule has 0 radical (unpaired) electrons. The largest absolute Gasteiger partial charge is 0.419 e. The maximum atomic E-state index is 12.9. The summed E-state index contributed by atoms with van der Waals surface area (Å²) < 4.78 is 18.4. The highest BCUT2D eigenvalue weighted by Gasteiger charge is 2.15. The van der Waals surface area contributed by atoms with E-state index in [0.717, 1.165) is 10.4 Å². The maximum absolute atomic E-state index is 12.9. The second kappa shape index (κ2) is 6.70. The number of hydrogen-bond donors (Lipinski definition) is 1. The summed E-state index contributed by atoms with van der Waals surface area (Å²) in [7, 11) is 0. The van der Waals surface area contributed by atoms with Crippen LogP contribution in [0.3, 0.4) is 0 Å². The number of thiophene rings is 1. The van der Waals surface area contributed by atoms with Crippen molar-refractivity contribution in [3.05, 3.63) is 59.0 Å². The molecular formula is C16H14FN3O2S. The SMILES string of the molecule is C[C@@H](NC(=O)Cc1nnc(-c2cccs2)o1)c1ccc(F)cc1. The van der Waals surface area contributed by atoms with Gasteiger partial charge >= 0.3 is 0 Å².